The average Bonchev–Trinajstić information content (AvgIpc) is 2.85. The van der Waals surface area contributed by atoms with Crippen molar-refractivity contribution in [2.45, 2.75) is 96.8 Å². The molecule has 0 unspecified atom stereocenters. The second-order valence-corrected chi connectivity index (χ2v) is 9.13. The predicted molar refractivity (Wildman–Crippen MR) is 142 cm³/mol. The van der Waals surface area contributed by atoms with Crippen molar-refractivity contribution in [2.75, 3.05) is 38.7 Å². The lowest BCUT2D eigenvalue weighted by molar-refractivity contribution is -0.119. The Morgan fingerprint density at radius 1 is 0.706 bits per heavy atom. The topological polar surface area (TPSA) is 79.5 Å². The molecule has 0 saturated heterocycles. The van der Waals surface area contributed by atoms with Crippen LogP contribution >= 0.6 is 0 Å². The normalized spacial score (nSPS) is 10.8. The molecular weight excluding hydrogens is 426 g/mol. The first kappa shape index (κ1) is 30.0. The Labute approximate surface area is 208 Å². The van der Waals surface area contributed by atoms with Crippen molar-refractivity contribution < 1.29 is 14.3 Å². The summed E-state index contributed by atoms with van der Waals surface area (Å²) in [6.07, 6.45) is 18.7. The summed E-state index contributed by atoms with van der Waals surface area (Å²) in [4.78, 5) is 24.0. The van der Waals surface area contributed by atoms with E-state index in [0.717, 1.165) is 18.7 Å². The first-order valence-electron chi connectivity index (χ1n) is 13.5. The Balaban J connectivity index is 1.94. The molecule has 6 heteroatoms. The van der Waals surface area contributed by atoms with Crippen LogP contribution in [-0.2, 0) is 9.53 Å². The van der Waals surface area contributed by atoms with Crippen LogP contribution in [0.1, 0.15) is 107 Å². The molecule has 6 nitrogen and oxygen atoms in total. The summed E-state index contributed by atoms with van der Waals surface area (Å²) < 4.78 is 4.92. The van der Waals surface area contributed by atoms with Gasteiger partial charge in [0, 0.05) is 31.5 Å². The molecule has 0 bridgehead atoms. The van der Waals surface area contributed by atoms with Gasteiger partial charge in [0.15, 0.2) is 0 Å². The number of unbranched alkanes of at least 4 members (excludes halogenated alkanes) is 13. The van der Waals surface area contributed by atoms with E-state index in [2.05, 4.69) is 22.9 Å². The molecule has 34 heavy (non-hydrogen) atoms. The van der Waals surface area contributed by atoms with Crippen molar-refractivity contribution in [3.8, 4) is 0 Å². The standard InChI is InChI=1S/C28H49N3O3/c1-3-4-5-6-7-8-9-10-11-12-13-14-15-16-21-29-27(32)24-31-26-19-17-25(18-20-26)28(33)30-22-23-34-2/h17-20,31H,3-16,21-24H2,1-2H3,(H,29,32)(H,30,33). The van der Waals surface area contributed by atoms with E-state index in [9.17, 15) is 9.59 Å². The molecule has 0 radical (unpaired) electrons. The minimum atomic E-state index is -0.130. The highest BCUT2D eigenvalue weighted by molar-refractivity contribution is 5.94. The number of amides is 2. The number of methoxy groups -OCH3 is 1. The van der Waals surface area contributed by atoms with Gasteiger partial charge < -0.3 is 20.7 Å². The number of hydrogen-bond donors (Lipinski definition) is 3. The fraction of sp³-hybridized carbons (Fsp3) is 0.714. The first-order valence-corrected chi connectivity index (χ1v) is 13.5. The second kappa shape index (κ2) is 21.5. The van der Waals surface area contributed by atoms with Crippen molar-refractivity contribution >= 4 is 17.5 Å². The van der Waals surface area contributed by atoms with Gasteiger partial charge in [0.25, 0.3) is 5.91 Å². The summed E-state index contributed by atoms with van der Waals surface area (Å²) in [5, 5.41) is 8.86. The van der Waals surface area contributed by atoms with Crippen LogP contribution in [0, 0.1) is 0 Å². The van der Waals surface area contributed by atoms with Crippen molar-refractivity contribution in [1.29, 1.82) is 0 Å². The van der Waals surface area contributed by atoms with E-state index in [1.54, 1.807) is 19.2 Å². The number of benzene rings is 1. The van der Waals surface area contributed by atoms with Crippen molar-refractivity contribution in [1.82, 2.24) is 10.6 Å². The summed E-state index contributed by atoms with van der Waals surface area (Å²) in [6, 6.07) is 7.12. The van der Waals surface area contributed by atoms with Crippen LogP contribution in [0.3, 0.4) is 0 Å². The number of hydrogen-bond acceptors (Lipinski definition) is 4. The molecule has 0 aliphatic carbocycles. The lowest BCUT2D eigenvalue weighted by Crippen LogP contribution is -2.30. The van der Waals surface area contributed by atoms with Gasteiger partial charge in [-0.2, -0.15) is 0 Å². The number of nitrogens with one attached hydrogen (secondary N) is 3. The third-order valence-corrected chi connectivity index (χ3v) is 6.04. The van der Waals surface area contributed by atoms with Gasteiger partial charge in [0.1, 0.15) is 0 Å². The summed E-state index contributed by atoms with van der Waals surface area (Å²) in [5.74, 6) is -0.134. The van der Waals surface area contributed by atoms with E-state index in [1.807, 2.05) is 12.1 Å². The molecule has 0 aliphatic heterocycles. The van der Waals surface area contributed by atoms with Crippen LogP contribution < -0.4 is 16.0 Å². The van der Waals surface area contributed by atoms with Gasteiger partial charge in [-0.15, -0.1) is 0 Å². The highest BCUT2D eigenvalue weighted by Gasteiger charge is 2.05. The maximum absolute atomic E-state index is 12.0. The Kier molecular flexibility index (Phi) is 18.9. The van der Waals surface area contributed by atoms with Gasteiger partial charge in [0.05, 0.1) is 13.2 Å². The molecule has 0 spiro atoms. The summed E-state index contributed by atoms with van der Waals surface area (Å²) >= 11 is 0. The van der Waals surface area contributed by atoms with Gasteiger partial charge in [-0.25, -0.2) is 0 Å². The zero-order chi connectivity index (χ0) is 24.7. The molecular formula is C28H49N3O3. The van der Waals surface area contributed by atoms with Crippen LogP contribution in [0.4, 0.5) is 5.69 Å². The van der Waals surface area contributed by atoms with Crippen molar-refractivity contribution in [3.63, 3.8) is 0 Å². The van der Waals surface area contributed by atoms with Crippen LogP contribution in [0.15, 0.2) is 24.3 Å². The number of ether oxygens (including phenoxy) is 1. The quantitative estimate of drug-likeness (QED) is 0.178. The van der Waals surface area contributed by atoms with Gasteiger partial charge in [-0.3, -0.25) is 9.59 Å². The van der Waals surface area contributed by atoms with E-state index in [1.165, 1.54) is 83.5 Å². The molecule has 0 saturated carbocycles. The molecule has 0 fully saturated rings. The van der Waals surface area contributed by atoms with E-state index in [-0.39, 0.29) is 18.4 Å². The van der Waals surface area contributed by atoms with E-state index in [0.29, 0.717) is 18.7 Å². The number of carbonyl (C=O) groups excluding carboxylic acids is 2. The van der Waals surface area contributed by atoms with Gasteiger partial charge in [-0.05, 0) is 30.7 Å². The molecule has 0 heterocycles. The van der Waals surface area contributed by atoms with Crippen molar-refractivity contribution in [3.05, 3.63) is 29.8 Å². The van der Waals surface area contributed by atoms with Crippen LogP contribution in [0.25, 0.3) is 0 Å². The van der Waals surface area contributed by atoms with Crippen LogP contribution in [0.5, 0.6) is 0 Å². The minimum absolute atomic E-state index is 0.00363. The summed E-state index contributed by atoms with van der Waals surface area (Å²) in [5.41, 5.74) is 1.41. The lowest BCUT2D eigenvalue weighted by atomic mass is 10.0. The lowest BCUT2D eigenvalue weighted by Gasteiger charge is -2.09. The van der Waals surface area contributed by atoms with E-state index < -0.39 is 0 Å². The Bertz CT molecular complexity index is 634. The maximum atomic E-state index is 12.0. The minimum Gasteiger partial charge on any atom is -0.383 e. The zero-order valence-corrected chi connectivity index (χ0v) is 21.8. The maximum Gasteiger partial charge on any atom is 0.251 e. The highest BCUT2D eigenvalue weighted by Crippen LogP contribution is 2.13. The predicted octanol–water partition coefficient (Wildman–Crippen LogP) is 6.07. The zero-order valence-electron chi connectivity index (χ0n) is 21.8. The molecule has 3 N–H and O–H groups in total. The molecule has 0 aromatic heterocycles. The molecule has 1 aromatic carbocycles. The van der Waals surface area contributed by atoms with Crippen LogP contribution in [-0.4, -0.2) is 45.2 Å². The Morgan fingerprint density at radius 2 is 1.24 bits per heavy atom. The molecule has 0 aliphatic rings. The summed E-state index contributed by atoms with van der Waals surface area (Å²) in [7, 11) is 1.60. The van der Waals surface area contributed by atoms with Crippen molar-refractivity contribution in [2.24, 2.45) is 0 Å². The Hall–Kier alpha value is -2.08. The number of anilines is 1. The number of carbonyl (C=O) groups is 2. The van der Waals surface area contributed by atoms with Gasteiger partial charge >= 0.3 is 0 Å². The second-order valence-electron chi connectivity index (χ2n) is 9.13. The smallest absolute Gasteiger partial charge is 0.251 e. The fourth-order valence-electron chi connectivity index (χ4n) is 3.90. The highest BCUT2D eigenvalue weighted by atomic mass is 16.5. The average molecular weight is 476 g/mol. The monoisotopic (exact) mass is 475 g/mol. The summed E-state index contributed by atoms with van der Waals surface area (Å²) in [6.45, 7) is 4.21. The fourth-order valence-corrected chi connectivity index (χ4v) is 3.90. The third kappa shape index (κ3) is 16.5. The molecule has 1 rings (SSSR count). The third-order valence-electron chi connectivity index (χ3n) is 6.04. The molecule has 194 valence electrons. The first-order chi connectivity index (χ1) is 16.7. The van der Waals surface area contributed by atoms with E-state index >= 15 is 0 Å². The molecule has 2 amide bonds. The molecule has 0 atom stereocenters. The largest absolute Gasteiger partial charge is 0.383 e. The van der Waals surface area contributed by atoms with Gasteiger partial charge in [-0.1, -0.05) is 90.4 Å². The Morgan fingerprint density at radius 3 is 1.76 bits per heavy atom. The van der Waals surface area contributed by atoms with Gasteiger partial charge in [0.2, 0.25) is 5.91 Å². The van der Waals surface area contributed by atoms with E-state index in [4.69, 9.17) is 4.74 Å². The number of rotatable bonds is 22. The molecule has 1 aromatic rings. The SMILES string of the molecule is CCCCCCCCCCCCCCCCNC(=O)CNc1ccc(C(=O)NCCOC)cc1. The van der Waals surface area contributed by atoms with Crippen LogP contribution in [0.2, 0.25) is 0 Å².